The van der Waals surface area contributed by atoms with Crippen LogP contribution in [0.4, 0.5) is 13.2 Å². The standard InChI is InChI=1S/C21H27F3N2O3/c1-13-7-5-6-8-17(13)29-12-18(27)26-20(28,21(22,23)24)15-11-14(19(2,3)4)9-10-16(15)25-26/h5-8,14-15,28H,9-12H2,1-4H3/t14-,15+,20-/m0/s1. The number of ether oxygens (including phenoxy) is 1. The van der Waals surface area contributed by atoms with Crippen LogP contribution < -0.4 is 4.74 Å². The molecule has 0 aromatic heterocycles. The summed E-state index contributed by atoms with van der Waals surface area (Å²) < 4.78 is 47.5. The molecule has 1 aliphatic carbocycles. The van der Waals surface area contributed by atoms with Crippen LogP contribution in [0.25, 0.3) is 0 Å². The highest BCUT2D eigenvalue weighted by atomic mass is 19.4. The Bertz CT molecular complexity index is 816. The Labute approximate surface area is 168 Å². The van der Waals surface area contributed by atoms with Gasteiger partial charge < -0.3 is 9.84 Å². The first-order valence-electron chi connectivity index (χ1n) is 9.73. The van der Waals surface area contributed by atoms with Gasteiger partial charge in [-0.15, -0.1) is 0 Å². The van der Waals surface area contributed by atoms with Crippen molar-refractivity contribution in [1.82, 2.24) is 5.01 Å². The fourth-order valence-corrected chi connectivity index (χ4v) is 4.17. The molecule has 1 amide bonds. The molecule has 5 nitrogen and oxygen atoms in total. The molecule has 2 aliphatic rings. The summed E-state index contributed by atoms with van der Waals surface area (Å²) in [6, 6.07) is 6.89. The molecular weight excluding hydrogens is 385 g/mol. The van der Waals surface area contributed by atoms with Gasteiger partial charge in [0.05, 0.1) is 5.92 Å². The molecule has 0 spiro atoms. The van der Waals surface area contributed by atoms with E-state index >= 15 is 0 Å². The van der Waals surface area contributed by atoms with Crippen molar-refractivity contribution >= 4 is 11.6 Å². The average Bonchev–Trinajstić information content (AvgIpc) is 2.94. The molecule has 1 aromatic rings. The van der Waals surface area contributed by atoms with E-state index in [0.717, 1.165) is 5.56 Å². The summed E-state index contributed by atoms with van der Waals surface area (Å²) in [7, 11) is 0. The van der Waals surface area contributed by atoms with E-state index in [1.165, 1.54) is 0 Å². The third-order valence-corrected chi connectivity index (χ3v) is 6.03. The number of alkyl halides is 3. The minimum Gasteiger partial charge on any atom is -0.483 e. The number of hydrazone groups is 1. The number of hydrogen-bond donors (Lipinski definition) is 1. The van der Waals surface area contributed by atoms with Crippen molar-refractivity contribution in [3.05, 3.63) is 29.8 Å². The highest BCUT2D eigenvalue weighted by Gasteiger charge is 2.69. The quantitative estimate of drug-likeness (QED) is 0.806. The molecule has 1 heterocycles. The number of aryl methyl sites for hydroxylation is 1. The van der Waals surface area contributed by atoms with Crippen molar-refractivity contribution in [3.63, 3.8) is 0 Å². The lowest BCUT2D eigenvalue weighted by molar-refractivity contribution is -0.318. The van der Waals surface area contributed by atoms with Gasteiger partial charge in [0.1, 0.15) is 5.75 Å². The zero-order valence-electron chi connectivity index (χ0n) is 17.1. The van der Waals surface area contributed by atoms with Crippen molar-refractivity contribution in [3.8, 4) is 5.75 Å². The molecule has 1 aliphatic heterocycles. The second-order valence-electron chi connectivity index (χ2n) is 8.96. The van der Waals surface area contributed by atoms with E-state index in [0.29, 0.717) is 18.6 Å². The summed E-state index contributed by atoms with van der Waals surface area (Å²) in [5.74, 6) is -1.91. The van der Waals surface area contributed by atoms with E-state index in [1.807, 2.05) is 20.8 Å². The fourth-order valence-electron chi connectivity index (χ4n) is 4.17. The van der Waals surface area contributed by atoms with Gasteiger partial charge in [-0.25, -0.2) is 0 Å². The van der Waals surface area contributed by atoms with Crippen molar-refractivity contribution in [2.45, 2.75) is 58.9 Å². The maximum Gasteiger partial charge on any atom is 0.439 e. The minimum atomic E-state index is -5.04. The highest BCUT2D eigenvalue weighted by molar-refractivity contribution is 5.93. The summed E-state index contributed by atoms with van der Waals surface area (Å²) in [5, 5.41) is 14.9. The average molecular weight is 412 g/mol. The maximum absolute atomic E-state index is 14.0. The number of nitrogens with zero attached hydrogens (tertiary/aromatic N) is 2. The number of aliphatic hydroxyl groups is 1. The number of halogens is 3. The van der Waals surface area contributed by atoms with Gasteiger partial charge in [0.15, 0.2) is 6.61 Å². The largest absolute Gasteiger partial charge is 0.483 e. The third kappa shape index (κ3) is 3.86. The molecule has 160 valence electrons. The maximum atomic E-state index is 14.0. The van der Waals surface area contributed by atoms with Crippen molar-refractivity contribution in [2.75, 3.05) is 6.61 Å². The van der Waals surface area contributed by atoms with Crippen LogP contribution in [0.5, 0.6) is 5.75 Å². The Morgan fingerprint density at radius 2 is 1.97 bits per heavy atom. The molecule has 8 heteroatoms. The van der Waals surface area contributed by atoms with Crippen LogP contribution in [0.15, 0.2) is 29.4 Å². The minimum absolute atomic E-state index is 0.0152. The van der Waals surface area contributed by atoms with E-state index in [2.05, 4.69) is 5.10 Å². The van der Waals surface area contributed by atoms with Gasteiger partial charge in [0.25, 0.3) is 11.6 Å². The SMILES string of the molecule is Cc1ccccc1OCC(=O)N1N=C2CC[C@H](C(C)(C)C)C[C@H]2[C@]1(O)C(F)(F)F. The van der Waals surface area contributed by atoms with Crippen LogP contribution >= 0.6 is 0 Å². The van der Waals surface area contributed by atoms with Gasteiger partial charge >= 0.3 is 6.18 Å². The van der Waals surface area contributed by atoms with Gasteiger partial charge in [0, 0.05) is 5.71 Å². The van der Waals surface area contributed by atoms with Gasteiger partial charge in [-0.1, -0.05) is 39.0 Å². The molecule has 1 fully saturated rings. The zero-order valence-corrected chi connectivity index (χ0v) is 17.1. The van der Waals surface area contributed by atoms with Crippen LogP contribution in [0.2, 0.25) is 0 Å². The first-order chi connectivity index (χ1) is 13.4. The van der Waals surface area contributed by atoms with Crippen LogP contribution in [-0.4, -0.2) is 40.2 Å². The summed E-state index contributed by atoms with van der Waals surface area (Å²) >= 11 is 0. The van der Waals surface area contributed by atoms with E-state index in [1.54, 1.807) is 31.2 Å². The molecule has 1 N–H and O–H groups in total. The summed E-state index contributed by atoms with van der Waals surface area (Å²) in [4.78, 5) is 12.6. The number of para-hydroxylation sites is 1. The van der Waals surface area contributed by atoms with Crippen LogP contribution in [0.1, 0.15) is 45.6 Å². The lowest BCUT2D eigenvalue weighted by Gasteiger charge is -2.42. The van der Waals surface area contributed by atoms with Crippen LogP contribution in [-0.2, 0) is 4.79 Å². The molecule has 29 heavy (non-hydrogen) atoms. The molecule has 1 saturated carbocycles. The Morgan fingerprint density at radius 3 is 2.55 bits per heavy atom. The first kappa shape index (κ1) is 21.6. The predicted octanol–water partition coefficient (Wildman–Crippen LogP) is 4.29. The molecule has 0 radical (unpaired) electrons. The van der Waals surface area contributed by atoms with Crippen LogP contribution in [0.3, 0.4) is 0 Å². The molecule has 3 atom stereocenters. The summed E-state index contributed by atoms with van der Waals surface area (Å²) in [6.45, 7) is 7.04. The second kappa shape index (κ2) is 7.31. The number of benzene rings is 1. The number of carbonyl (C=O) groups is 1. The number of amides is 1. The number of carbonyl (C=O) groups excluding carboxylic acids is 1. The number of rotatable bonds is 3. The lowest BCUT2D eigenvalue weighted by atomic mass is 9.66. The monoisotopic (exact) mass is 412 g/mol. The van der Waals surface area contributed by atoms with E-state index in [4.69, 9.17) is 4.74 Å². The molecule has 1 aromatic carbocycles. The summed E-state index contributed by atoms with van der Waals surface area (Å²) in [5.41, 5.74) is -2.57. The van der Waals surface area contributed by atoms with Crippen molar-refractivity contribution < 1.29 is 27.8 Å². The van der Waals surface area contributed by atoms with Crippen LogP contribution in [0, 0.1) is 24.2 Å². The second-order valence-corrected chi connectivity index (χ2v) is 8.96. The van der Waals surface area contributed by atoms with Crippen molar-refractivity contribution in [2.24, 2.45) is 22.4 Å². The van der Waals surface area contributed by atoms with Gasteiger partial charge in [-0.3, -0.25) is 4.79 Å². The first-order valence-corrected chi connectivity index (χ1v) is 9.73. The molecule has 3 rings (SSSR count). The summed E-state index contributed by atoms with van der Waals surface area (Å²) in [6.07, 6.45) is -3.91. The van der Waals surface area contributed by atoms with Gasteiger partial charge in [-0.2, -0.15) is 23.3 Å². The van der Waals surface area contributed by atoms with Gasteiger partial charge in [-0.05, 0) is 49.1 Å². The zero-order chi connectivity index (χ0) is 21.6. The van der Waals surface area contributed by atoms with E-state index in [9.17, 15) is 23.1 Å². The highest BCUT2D eigenvalue weighted by Crippen LogP contribution is 2.51. The fraction of sp³-hybridized carbons (Fsp3) is 0.619. The molecule has 0 unspecified atom stereocenters. The Kier molecular flexibility index (Phi) is 5.45. The molecular formula is C21H27F3N2O3. The van der Waals surface area contributed by atoms with E-state index < -0.39 is 30.3 Å². The van der Waals surface area contributed by atoms with E-state index in [-0.39, 0.29) is 28.5 Å². The third-order valence-electron chi connectivity index (χ3n) is 6.03. The molecule has 0 bridgehead atoms. The predicted molar refractivity (Wildman–Crippen MR) is 102 cm³/mol. The Morgan fingerprint density at radius 1 is 1.31 bits per heavy atom. The topological polar surface area (TPSA) is 62.1 Å². The lowest BCUT2D eigenvalue weighted by Crippen LogP contribution is -2.62. The van der Waals surface area contributed by atoms with Gasteiger partial charge in [0.2, 0.25) is 0 Å². The smallest absolute Gasteiger partial charge is 0.439 e. The van der Waals surface area contributed by atoms with Crippen molar-refractivity contribution in [1.29, 1.82) is 0 Å². The Balaban J connectivity index is 1.85. The number of fused-ring (bicyclic) bond motifs is 1. The normalized spacial score (nSPS) is 27.4. The number of hydrogen-bond acceptors (Lipinski definition) is 4. The Hall–Kier alpha value is -2.09. The molecule has 0 saturated heterocycles.